The molecule has 0 aromatic heterocycles. The second kappa shape index (κ2) is 5.83. The molecule has 3 heteroatoms. The lowest BCUT2D eigenvalue weighted by atomic mass is 9.96. The van der Waals surface area contributed by atoms with E-state index < -0.39 is 0 Å². The predicted molar refractivity (Wildman–Crippen MR) is 81.7 cm³/mol. The highest BCUT2D eigenvalue weighted by molar-refractivity contribution is 6.22. The molecule has 0 spiro atoms. The van der Waals surface area contributed by atoms with Crippen LogP contribution in [0.15, 0.2) is 48.5 Å². The number of hydrogen-bond donors (Lipinski definition) is 0. The smallest absolute Gasteiger partial charge is 0.338 e. The van der Waals surface area contributed by atoms with E-state index in [0.29, 0.717) is 18.8 Å². The third-order valence-electron chi connectivity index (χ3n) is 3.40. The first kappa shape index (κ1) is 13.4. The Hall–Kier alpha value is -2.55. The van der Waals surface area contributed by atoms with Gasteiger partial charge in [-0.2, -0.15) is 0 Å². The van der Waals surface area contributed by atoms with E-state index in [-0.39, 0.29) is 5.97 Å². The monoisotopic (exact) mass is 280 g/mol. The molecular weight excluding hydrogens is 264 g/mol. The Bertz CT molecular complexity index is 701. The van der Waals surface area contributed by atoms with Gasteiger partial charge >= 0.3 is 5.97 Å². The minimum absolute atomic E-state index is 0.304. The van der Waals surface area contributed by atoms with Crippen LogP contribution in [0.3, 0.4) is 0 Å². The maximum atomic E-state index is 12.3. The van der Waals surface area contributed by atoms with Crippen LogP contribution in [-0.2, 0) is 16.1 Å². The molecule has 0 fully saturated rings. The van der Waals surface area contributed by atoms with E-state index in [0.717, 1.165) is 22.4 Å². The van der Waals surface area contributed by atoms with Crippen LogP contribution in [0.1, 0.15) is 23.6 Å². The van der Waals surface area contributed by atoms with Crippen molar-refractivity contribution in [2.45, 2.75) is 13.5 Å². The first-order valence-electron chi connectivity index (χ1n) is 6.98. The zero-order valence-corrected chi connectivity index (χ0v) is 11.8. The first-order valence-corrected chi connectivity index (χ1v) is 6.98. The molecule has 0 radical (unpaired) electrons. The standard InChI is InChI=1S/C18H16O3/c1-2-20-18(19)16-11-13-7-4-6-10-17(13)21-12-14-8-3-5-9-15(14)16/h3-11H,2,12H2,1H3/b16-11+. The SMILES string of the molecule is CCOC(=O)/C1=C/c2ccccc2OCc2ccccc21. The van der Waals surface area contributed by atoms with Crippen molar-refractivity contribution in [1.82, 2.24) is 0 Å². The van der Waals surface area contributed by atoms with Gasteiger partial charge < -0.3 is 9.47 Å². The Balaban J connectivity index is 2.17. The van der Waals surface area contributed by atoms with E-state index in [1.807, 2.05) is 61.5 Å². The summed E-state index contributed by atoms with van der Waals surface area (Å²) in [7, 11) is 0. The minimum atomic E-state index is -0.304. The van der Waals surface area contributed by atoms with Crippen LogP contribution >= 0.6 is 0 Å². The Morgan fingerprint density at radius 1 is 1.14 bits per heavy atom. The van der Waals surface area contributed by atoms with Crippen LogP contribution in [0.25, 0.3) is 11.6 Å². The van der Waals surface area contributed by atoms with Crippen LogP contribution in [0.4, 0.5) is 0 Å². The lowest BCUT2D eigenvalue weighted by Gasteiger charge is -2.18. The quantitative estimate of drug-likeness (QED) is 0.787. The Labute approximate surface area is 123 Å². The molecule has 0 N–H and O–H groups in total. The lowest BCUT2D eigenvalue weighted by Crippen LogP contribution is -2.11. The van der Waals surface area contributed by atoms with Crippen molar-refractivity contribution in [2.75, 3.05) is 6.61 Å². The molecule has 0 amide bonds. The van der Waals surface area contributed by atoms with Gasteiger partial charge in [0.1, 0.15) is 12.4 Å². The fourth-order valence-electron chi connectivity index (χ4n) is 2.41. The molecule has 3 nitrogen and oxygen atoms in total. The van der Waals surface area contributed by atoms with Gasteiger partial charge in [-0.25, -0.2) is 4.79 Å². The van der Waals surface area contributed by atoms with E-state index in [1.54, 1.807) is 0 Å². The topological polar surface area (TPSA) is 35.5 Å². The number of rotatable bonds is 2. The average molecular weight is 280 g/mol. The summed E-state index contributed by atoms with van der Waals surface area (Å²) in [6.07, 6.45) is 1.84. The lowest BCUT2D eigenvalue weighted by molar-refractivity contribution is -0.136. The molecule has 0 atom stereocenters. The number of carbonyl (C=O) groups excluding carboxylic acids is 1. The van der Waals surface area contributed by atoms with Gasteiger partial charge in [-0.05, 0) is 30.2 Å². The summed E-state index contributed by atoms with van der Waals surface area (Å²) in [6, 6.07) is 15.4. The summed E-state index contributed by atoms with van der Waals surface area (Å²) in [5.74, 6) is 0.468. The molecular formula is C18H16O3. The third kappa shape index (κ3) is 2.68. The fraction of sp³-hybridized carbons (Fsp3) is 0.167. The van der Waals surface area contributed by atoms with Gasteiger partial charge in [0.15, 0.2) is 0 Å². The molecule has 0 saturated heterocycles. The van der Waals surface area contributed by atoms with Gasteiger partial charge in [0.2, 0.25) is 0 Å². The number of esters is 1. The van der Waals surface area contributed by atoms with Crippen LogP contribution in [0.2, 0.25) is 0 Å². The van der Waals surface area contributed by atoms with Gasteiger partial charge in [0.05, 0.1) is 12.2 Å². The molecule has 0 aliphatic carbocycles. The second-order valence-corrected chi connectivity index (χ2v) is 4.76. The molecule has 0 bridgehead atoms. The van der Waals surface area contributed by atoms with Crippen molar-refractivity contribution >= 4 is 17.6 Å². The molecule has 21 heavy (non-hydrogen) atoms. The largest absolute Gasteiger partial charge is 0.488 e. The zero-order valence-electron chi connectivity index (χ0n) is 11.8. The van der Waals surface area contributed by atoms with Gasteiger partial charge in [-0.3, -0.25) is 0 Å². The predicted octanol–water partition coefficient (Wildman–Crippen LogP) is 3.68. The number of para-hydroxylation sites is 1. The molecule has 106 valence electrons. The van der Waals surface area contributed by atoms with Gasteiger partial charge in [-0.15, -0.1) is 0 Å². The normalized spacial score (nSPS) is 15.4. The van der Waals surface area contributed by atoms with Crippen molar-refractivity contribution in [2.24, 2.45) is 0 Å². The zero-order chi connectivity index (χ0) is 14.7. The van der Waals surface area contributed by atoms with E-state index >= 15 is 0 Å². The summed E-state index contributed by atoms with van der Waals surface area (Å²) in [5, 5.41) is 0. The maximum Gasteiger partial charge on any atom is 0.338 e. The van der Waals surface area contributed by atoms with Crippen molar-refractivity contribution in [3.8, 4) is 5.75 Å². The number of ether oxygens (including phenoxy) is 2. The molecule has 1 aliphatic rings. The summed E-state index contributed by atoms with van der Waals surface area (Å²) in [6.45, 7) is 2.60. The highest BCUT2D eigenvalue weighted by Gasteiger charge is 2.19. The van der Waals surface area contributed by atoms with Gasteiger partial charge in [-0.1, -0.05) is 42.5 Å². The molecule has 1 heterocycles. The average Bonchev–Trinajstić information content (AvgIpc) is 2.50. The Morgan fingerprint density at radius 3 is 2.76 bits per heavy atom. The summed E-state index contributed by atoms with van der Waals surface area (Å²) >= 11 is 0. The maximum absolute atomic E-state index is 12.3. The highest BCUT2D eigenvalue weighted by atomic mass is 16.5. The molecule has 2 aromatic carbocycles. The van der Waals surface area contributed by atoms with Crippen LogP contribution in [0.5, 0.6) is 5.75 Å². The number of carbonyl (C=O) groups is 1. The molecule has 3 rings (SSSR count). The van der Waals surface area contributed by atoms with E-state index in [9.17, 15) is 4.79 Å². The van der Waals surface area contributed by atoms with Crippen LogP contribution in [-0.4, -0.2) is 12.6 Å². The molecule has 2 aromatic rings. The molecule has 0 unspecified atom stereocenters. The van der Waals surface area contributed by atoms with Gasteiger partial charge in [0, 0.05) is 5.56 Å². The van der Waals surface area contributed by atoms with E-state index in [1.165, 1.54) is 0 Å². The number of hydrogen-bond acceptors (Lipinski definition) is 3. The Morgan fingerprint density at radius 2 is 1.90 bits per heavy atom. The summed E-state index contributed by atoms with van der Waals surface area (Å²) < 4.78 is 11.0. The van der Waals surface area contributed by atoms with Crippen LogP contribution < -0.4 is 4.74 Å². The number of benzene rings is 2. The number of fused-ring (bicyclic) bond motifs is 2. The van der Waals surface area contributed by atoms with Crippen molar-refractivity contribution in [3.63, 3.8) is 0 Å². The van der Waals surface area contributed by atoms with Crippen LogP contribution in [0, 0.1) is 0 Å². The van der Waals surface area contributed by atoms with Gasteiger partial charge in [0.25, 0.3) is 0 Å². The Kier molecular flexibility index (Phi) is 3.73. The highest BCUT2D eigenvalue weighted by Crippen LogP contribution is 2.31. The third-order valence-corrected chi connectivity index (χ3v) is 3.40. The second-order valence-electron chi connectivity index (χ2n) is 4.76. The van der Waals surface area contributed by atoms with Crippen molar-refractivity contribution in [1.29, 1.82) is 0 Å². The van der Waals surface area contributed by atoms with E-state index in [4.69, 9.17) is 9.47 Å². The van der Waals surface area contributed by atoms with Crippen molar-refractivity contribution in [3.05, 3.63) is 65.2 Å². The summed E-state index contributed by atoms with van der Waals surface area (Å²) in [4.78, 5) is 12.3. The first-order chi connectivity index (χ1) is 10.3. The molecule has 0 saturated carbocycles. The van der Waals surface area contributed by atoms with Crippen molar-refractivity contribution < 1.29 is 14.3 Å². The fourth-order valence-corrected chi connectivity index (χ4v) is 2.41. The summed E-state index contributed by atoms with van der Waals surface area (Å²) in [5.41, 5.74) is 3.30. The minimum Gasteiger partial charge on any atom is -0.488 e. The van der Waals surface area contributed by atoms with E-state index in [2.05, 4.69) is 0 Å². The molecule has 1 aliphatic heterocycles.